The fraction of sp³-hybridized carbons (Fsp3) is 0.350. The molecule has 0 radical (unpaired) electrons. The Morgan fingerprint density at radius 1 is 1.14 bits per heavy atom. The number of allylic oxidation sites excluding steroid dienone is 1. The molecule has 1 aliphatic heterocycles. The summed E-state index contributed by atoms with van der Waals surface area (Å²) in [5.74, 6) is -0.849. The Morgan fingerprint density at radius 2 is 1.86 bits per heavy atom. The smallest absolute Gasteiger partial charge is 0.270 e. The third-order valence-corrected chi connectivity index (χ3v) is 7.87. The van der Waals surface area contributed by atoms with Crippen LogP contribution in [-0.4, -0.2) is 20.2 Å². The number of benzene rings is 1. The molecular formula is C20H21FN2O3S2. The van der Waals surface area contributed by atoms with E-state index in [2.05, 4.69) is 5.32 Å². The molecule has 28 heavy (non-hydrogen) atoms. The third-order valence-electron chi connectivity index (χ3n) is 5.21. The van der Waals surface area contributed by atoms with Gasteiger partial charge in [-0.2, -0.15) is 0 Å². The highest BCUT2D eigenvalue weighted by atomic mass is 32.2. The summed E-state index contributed by atoms with van der Waals surface area (Å²) < 4.78 is 41.0. The van der Waals surface area contributed by atoms with E-state index >= 15 is 0 Å². The number of carbonyl (C=O) groups excluding carboxylic acids is 1. The van der Waals surface area contributed by atoms with E-state index < -0.39 is 15.8 Å². The Balaban J connectivity index is 1.68. The van der Waals surface area contributed by atoms with Crippen LogP contribution in [0.15, 0.2) is 46.8 Å². The molecule has 8 heteroatoms. The van der Waals surface area contributed by atoms with Crippen molar-refractivity contribution in [2.75, 3.05) is 4.31 Å². The normalized spacial score (nSPS) is 21.0. The van der Waals surface area contributed by atoms with Crippen molar-refractivity contribution in [2.45, 2.75) is 44.7 Å². The molecule has 0 unspecified atom stereocenters. The molecule has 2 heterocycles. The van der Waals surface area contributed by atoms with Crippen LogP contribution in [0.2, 0.25) is 0 Å². The van der Waals surface area contributed by atoms with Crippen molar-refractivity contribution in [1.82, 2.24) is 5.32 Å². The molecule has 2 aromatic rings. The van der Waals surface area contributed by atoms with Crippen molar-refractivity contribution >= 4 is 32.8 Å². The quantitative estimate of drug-likeness (QED) is 0.754. The lowest BCUT2D eigenvalue weighted by Gasteiger charge is -2.30. The van der Waals surface area contributed by atoms with Crippen LogP contribution in [0.3, 0.4) is 0 Å². The number of thiophene rings is 1. The Morgan fingerprint density at radius 3 is 2.57 bits per heavy atom. The molecule has 148 valence electrons. The van der Waals surface area contributed by atoms with Gasteiger partial charge >= 0.3 is 0 Å². The molecule has 1 fully saturated rings. The molecule has 4 rings (SSSR count). The maximum absolute atomic E-state index is 13.3. The first kappa shape index (κ1) is 19.1. The highest BCUT2D eigenvalue weighted by molar-refractivity contribution is 7.97. The molecule has 1 N–H and O–H groups in total. The van der Waals surface area contributed by atoms with E-state index in [1.807, 2.05) is 0 Å². The van der Waals surface area contributed by atoms with E-state index in [9.17, 15) is 17.6 Å². The number of nitrogens with one attached hydrogen (secondary N) is 1. The molecule has 1 aromatic heterocycles. The van der Waals surface area contributed by atoms with Crippen molar-refractivity contribution in [3.05, 3.63) is 63.1 Å². The van der Waals surface area contributed by atoms with Crippen molar-refractivity contribution in [2.24, 2.45) is 0 Å². The number of rotatable bonds is 4. The zero-order valence-electron chi connectivity index (χ0n) is 15.2. The first-order valence-electron chi connectivity index (χ1n) is 9.32. The van der Waals surface area contributed by atoms with Crippen LogP contribution in [0.1, 0.15) is 47.3 Å². The van der Waals surface area contributed by atoms with E-state index in [1.165, 1.54) is 40.4 Å². The second kappa shape index (κ2) is 7.67. The Kier molecular flexibility index (Phi) is 5.25. The van der Waals surface area contributed by atoms with Gasteiger partial charge in [-0.3, -0.25) is 9.10 Å². The number of hydrogen-bond acceptors (Lipinski definition) is 5. The number of carbonyl (C=O) groups is 1. The van der Waals surface area contributed by atoms with Crippen LogP contribution >= 0.6 is 11.3 Å². The molecule has 1 aliphatic carbocycles. The number of fused-ring (bicyclic) bond motifs is 1. The van der Waals surface area contributed by atoms with E-state index in [4.69, 9.17) is 0 Å². The molecule has 2 aliphatic rings. The molecule has 0 saturated heterocycles. The lowest BCUT2D eigenvalue weighted by atomic mass is 9.96. The Bertz CT molecular complexity index is 1010. The fourth-order valence-electron chi connectivity index (χ4n) is 3.67. The predicted molar refractivity (Wildman–Crippen MR) is 108 cm³/mol. The lowest BCUT2D eigenvalue weighted by molar-refractivity contribution is 0.104. The van der Waals surface area contributed by atoms with Gasteiger partial charge < -0.3 is 5.32 Å². The summed E-state index contributed by atoms with van der Waals surface area (Å²) in [6.45, 7) is 0.0421. The second-order valence-electron chi connectivity index (χ2n) is 7.11. The number of hydrogen-bond donors (Lipinski definition) is 1. The van der Waals surface area contributed by atoms with Gasteiger partial charge in [0.15, 0.2) is 4.91 Å². The van der Waals surface area contributed by atoms with Crippen molar-refractivity contribution in [3.63, 3.8) is 0 Å². The van der Waals surface area contributed by atoms with Gasteiger partial charge in [0.2, 0.25) is 5.78 Å². The SMILES string of the molecule is O=C1/C(=C/NC2CCCCC2)S(=O)(=O)N(Cc2ccc(F)cc2)c2ccsc21. The molecule has 5 nitrogen and oxygen atoms in total. The number of sulfonamides is 1. The molecule has 1 saturated carbocycles. The zero-order chi connectivity index (χ0) is 19.7. The lowest BCUT2D eigenvalue weighted by Crippen LogP contribution is -2.39. The molecule has 0 bridgehead atoms. The van der Waals surface area contributed by atoms with Gasteiger partial charge in [0.25, 0.3) is 10.0 Å². The van der Waals surface area contributed by atoms with Crippen molar-refractivity contribution in [1.29, 1.82) is 0 Å². The van der Waals surface area contributed by atoms with Gasteiger partial charge in [-0.05, 0) is 42.0 Å². The fourth-order valence-corrected chi connectivity index (χ4v) is 6.17. The summed E-state index contributed by atoms with van der Waals surface area (Å²) in [4.78, 5) is 13.0. The molecule has 0 spiro atoms. The summed E-state index contributed by atoms with van der Waals surface area (Å²) in [6.07, 6.45) is 6.73. The summed E-state index contributed by atoms with van der Waals surface area (Å²) in [5, 5.41) is 4.87. The minimum atomic E-state index is -4.01. The van der Waals surface area contributed by atoms with Crippen LogP contribution < -0.4 is 9.62 Å². The molecular weight excluding hydrogens is 399 g/mol. The van der Waals surface area contributed by atoms with Gasteiger partial charge in [0.05, 0.1) is 12.2 Å². The number of ketones is 1. The standard InChI is InChI=1S/C20H21FN2O3S2/c21-15-8-6-14(7-9-15)13-23-17-10-11-27-20(17)19(24)18(28(23,25)26)12-22-16-4-2-1-3-5-16/h6-12,16,22H,1-5,13H2/b18-12-. The first-order chi connectivity index (χ1) is 13.5. The van der Waals surface area contributed by atoms with Gasteiger partial charge in [-0.1, -0.05) is 31.4 Å². The summed E-state index contributed by atoms with van der Waals surface area (Å²) in [5.41, 5.74) is 1.03. The monoisotopic (exact) mass is 420 g/mol. The van der Waals surface area contributed by atoms with Crippen LogP contribution in [-0.2, 0) is 16.6 Å². The van der Waals surface area contributed by atoms with Gasteiger partial charge in [0.1, 0.15) is 10.7 Å². The van der Waals surface area contributed by atoms with E-state index in [0.29, 0.717) is 16.1 Å². The highest BCUT2D eigenvalue weighted by Gasteiger charge is 2.41. The number of halogens is 1. The van der Waals surface area contributed by atoms with Gasteiger partial charge in [0, 0.05) is 12.2 Å². The molecule has 0 atom stereocenters. The second-order valence-corrected chi connectivity index (χ2v) is 9.86. The maximum Gasteiger partial charge on any atom is 0.270 e. The average molecular weight is 421 g/mol. The topological polar surface area (TPSA) is 66.5 Å². The number of Topliss-reactive ketones (excluding diaryl/α,β-unsaturated/α-hetero) is 1. The van der Waals surface area contributed by atoms with Crippen LogP contribution in [0, 0.1) is 5.82 Å². The van der Waals surface area contributed by atoms with E-state index in [-0.39, 0.29) is 23.3 Å². The number of anilines is 1. The minimum absolute atomic E-state index is 0.0421. The van der Waals surface area contributed by atoms with Crippen molar-refractivity contribution < 1.29 is 17.6 Å². The largest absolute Gasteiger partial charge is 0.387 e. The summed E-state index contributed by atoms with van der Waals surface area (Å²) in [7, 11) is -4.01. The van der Waals surface area contributed by atoms with E-state index in [1.54, 1.807) is 23.6 Å². The maximum atomic E-state index is 13.3. The minimum Gasteiger partial charge on any atom is -0.387 e. The van der Waals surface area contributed by atoms with Crippen LogP contribution in [0.4, 0.5) is 10.1 Å². The van der Waals surface area contributed by atoms with Gasteiger partial charge in [-0.25, -0.2) is 12.8 Å². The summed E-state index contributed by atoms with van der Waals surface area (Å²) in [6, 6.07) is 7.54. The van der Waals surface area contributed by atoms with Gasteiger partial charge in [-0.15, -0.1) is 11.3 Å². The van der Waals surface area contributed by atoms with Crippen LogP contribution in [0.5, 0.6) is 0 Å². The molecule has 1 aromatic carbocycles. The third kappa shape index (κ3) is 3.58. The van der Waals surface area contributed by atoms with Crippen molar-refractivity contribution in [3.8, 4) is 0 Å². The average Bonchev–Trinajstić information content (AvgIpc) is 3.17. The van der Waals surface area contributed by atoms with Crippen LogP contribution in [0.25, 0.3) is 0 Å². The van der Waals surface area contributed by atoms with E-state index in [0.717, 1.165) is 25.7 Å². The highest BCUT2D eigenvalue weighted by Crippen LogP contribution is 2.39. The predicted octanol–water partition coefficient (Wildman–Crippen LogP) is 4.18. The Labute approximate surface area is 167 Å². The summed E-state index contributed by atoms with van der Waals surface area (Å²) >= 11 is 1.23. The Hall–Kier alpha value is -2.19. The molecule has 0 amide bonds. The first-order valence-corrected chi connectivity index (χ1v) is 11.6. The zero-order valence-corrected chi connectivity index (χ0v) is 16.9. The number of nitrogens with zero attached hydrogens (tertiary/aromatic N) is 1.